The Bertz CT molecular complexity index is 818. The average Bonchev–Trinajstić information content (AvgIpc) is 2.98. The van der Waals surface area contributed by atoms with E-state index in [9.17, 15) is 4.79 Å². The second-order valence-corrected chi connectivity index (χ2v) is 5.82. The highest BCUT2D eigenvalue weighted by atomic mass is 32.1. The molecule has 0 N–H and O–H groups in total. The number of carbonyl (C=O) groups excluding carboxylic acids is 1. The minimum absolute atomic E-state index is 0.448. The van der Waals surface area contributed by atoms with Crippen LogP contribution < -0.4 is 4.74 Å². The smallest absolute Gasteiger partial charge is 0.335 e. The zero-order chi connectivity index (χ0) is 15.5. The van der Waals surface area contributed by atoms with Gasteiger partial charge in [-0.3, -0.25) is 0 Å². The SMILES string of the molecule is C=CC(=O)Oc1cc(-c2nc3ccccc3s2)ccc1CC. The van der Waals surface area contributed by atoms with Gasteiger partial charge in [-0.1, -0.05) is 37.8 Å². The average molecular weight is 309 g/mol. The standard InChI is InChI=1S/C18H15NO2S/c1-3-12-9-10-13(11-15(12)21-17(20)4-2)18-19-14-7-5-6-8-16(14)22-18/h4-11H,2-3H2,1H3. The predicted octanol–water partition coefficient (Wildman–Crippen LogP) is 4.62. The minimum Gasteiger partial charge on any atom is -0.423 e. The molecule has 22 heavy (non-hydrogen) atoms. The van der Waals surface area contributed by atoms with E-state index in [0.29, 0.717) is 5.75 Å². The van der Waals surface area contributed by atoms with Crippen LogP contribution in [0, 0.1) is 0 Å². The van der Waals surface area contributed by atoms with Gasteiger partial charge in [-0.15, -0.1) is 11.3 Å². The van der Waals surface area contributed by atoms with Crippen LogP contribution in [0.5, 0.6) is 5.75 Å². The van der Waals surface area contributed by atoms with Crippen molar-refractivity contribution in [1.82, 2.24) is 4.98 Å². The number of aryl methyl sites for hydroxylation is 1. The first kappa shape index (κ1) is 14.5. The van der Waals surface area contributed by atoms with Crippen molar-refractivity contribution in [2.75, 3.05) is 0 Å². The third-order valence-electron chi connectivity index (χ3n) is 3.37. The minimum atomic E-state index is -0.448. The molecule has 2 aromatic carbocycles. The lowest BCUT2D eigenvalue weighted by Crippen LogP contribution is -2.05. The summed E-state index contributed by atoms with van der Waals surface area (Å²) in [6, 6.07) is 13.9. The molecule has 0 aliphatic carbocycles. The van der Waals surface area contributed by atoms with Crippen LogP contribution >= 0.6 is 11.3 Å². The number of hydrogen-bond donors (Lipinski definition) is 0. The van der Waals surface area contributed by atoms with Crippen LogP contribution in [0.2, 0.25) is 0 Å². The number of esters is 1. The van der Waals surface area contributed by atoms with Gasteiger partial charge >= 0.3 is 5.97 Å². The van der Waals surface area contributed by atoms with Crippen LogP contribution in [0.1, 0.15) is 12.5 Å². The zero-order valence-electron chi connectivity index (χ0n) is 12.2. The van der Waals surface area contributed by atoms with Gasteiger partial charge in [0.15, 0.2) is 0 Å². The van der Waals surface area contributed by atoms with Gasteiger partial charge < -0.3 is 4.74 Å². The van der Waals surface area contributed by atoms with Gasteiger partial charge in [0.1, 0.15) is 10.8 Å². The first-order valence-corrected chi connectivity index (χ1v) is 7.86. The first-order chi connectivity index (χ1) is 10.7. The van der Waals surface area contributed by atoms with Gasteiger partial charge in [-0.25, -0.2) is 9.78 Å². The van der Waals surface area contributed by atoms with E-state index in [0.717, 1.165) is 32.8 Å². The van der Waals surface area contributed by atoms with Crippen molar-refractivity contribution < 1.29 is 9.53 Å². The summed E-state index contributed by atoms with van der Waals surface area (Å²) in [5.74, 6) is 0.125. The van der Waals surface area contributed by atoms with Crippen LogP contribution in [0.25, 0.3) is 20.8 Å². The van der Waals surface area contributed by atoms with Crippen molar-refractivity contribution in [3.05, 3.63) is 60.7 Å². The molecule has 0 unspecified atom stereocenters. The predicted molar refractivity (Wildman–Crippen MR) is 90.3 cm³/mol. The number of ether oxygens (including phenoxy) is 1. The zero-order valence-corrected chi connectivity index (χ0v) is 13.0. The molecule has 1 heterocycles. The van der Waals surface area contributed by atoms with Crippen molar-refractivity contribution >= 4 is 27.5 Å². The number of benzene rings is 2. The maximum absolute atomic E-state index is 11.5. The van der Waals surface area contributed by atoms with Gasteiger partial charge in [-0.05, 0) is 30.2 Å². The monoisotopic (exact) mass is 309 g/mol. The molecule has 0 amide bonds. The molecule has 3 rings (SSSR count). The maximum Gasteiger partial charge on any atom is 0.335 e. The van der Waals surface area contributed by atoms with Crippen LogP contribution in [0.3, 0.4) is 0 Å². The molecule has 0 aliphatic heterocycles. The quantitative estimate of drug-likeness (QED) is 0.401. The highest BCUT2D eigenvalue weighted by molar-refractivity contribution is 7.21. The molecule has 0 radical (unpaired) electrons. The van der Waals surface area contributed by atoms with E-state index in [-0.39, 0.29) is 0 Å². The van der Waals surface area contributed by atoms with Gasteiger partial charge in [-0.2, -0.15) is 0 Å². The van der Waals surface area contributed by atoms with E-state index in [2.05, 4.69) is 17.6 Å². The summed E-state index contributed by atoms with van der Waals surface area (Å²) >= 11 is 1.63. The lowest BCUT2D eigenvalue weighted by molar-refractivity contribution is -0.129. The van der Waals surface area contributed by atoms with Gasteiger partial charge in [0.05, 0.1) is 10.2 Å². The van der Waals surface area contributed by atoms with E-state index in [1.165, 1.54) is 6.08 Å². The third-order valence-corrected chi connectivity index (χ3v) is 4.45. The fourth-order valence-corrected chi connectivity index (χ4v) is 3.18. The summed E-state index contributed by atoms with van der Waals surface area (Å²) < 4.78 is 6.48. The molecule has 0 atom stereocenters. The maximum atomic E-state index is 11.5. The van der Waals surface area contributed by atoms with E-state index in [4.69, 9.17) is 4.74 Å². The van der Waals surface area contributed by atoms with Crippen molar-refractivity contribution in [3.63, 3.8) is 0 Å². The highest BCUT2D eigenvalue weighted by Gasteiger charge is 2.11. The molecule has 1 aromatic heterocycles. The fourth-order valence-electron chi connectivity index (χ4n) is 2.22. The molecule has 0 aliphatic rings. The van der Waals surface area contributed by atoms with Crippen LogP contribution in [0.4, 0.5) is 0 Å². The largest absolute Gasteiger partial charge is 0.423 e. The van der Waals surface area contributed by atoms with Gasteiger partial charge in [0.25, 0.3) is 0 Å². The third kappa shape index (κ3) is 2.78. The van der Waals surface area contributed by atoms with E-state index in [1.54, 1.807) is 11.3 Å². The second-order valence-electron chi connectivity index (χ2n) is 4.79. The molecule has 0 spiro atoms. The molecule has 110 valence electrons. The number of para-hydroxylation sites is 1. The number of thiazole rings is 1. The summed E-state index contributed by atoms with van der Waals surface area (Å²) in [5.41, 5.74) is 2.91. The number of rotatable bonds is 4. The summed E-state index contributed by atoms with van der Waals surface area (Å²) in [6.07, 6.45) is 1.96. The van der Waals surface area contributed by atoms with Crippen molar-refractivity contribution in [2.24, 2.45) is 0 Å². The van der Waals surface area contributed by atoms with E-state index >= 15 is 0 Å². The molecule has 0 saturated carbocycles. The van der Waals surface area contributed by atoms with E-state index in [1.807, 2.05) is 43.3 Å². The Balaban J connectivity index is 2.04. The number of hydrogen-bond acceptors (Lipinski definition) is 4. The molecule has 0 fully saturated rings. The van der Waals surface area contributed by atoms with Crippen molar-refractivity contribution in [3.8, 4) is 16.3 Å². The number of carbonyl (C=O) groups is 1. The Morgan fingerprint density at radius 1 is 1.32 bits per heavy atom. The normalized spacial score (nSPS) is 10.6. The Kier molecular flexibility index (Phi) is 4.02. The van der Waals surface area contributed by atoms with Gasteiger partial charge in [0, 0.05) is 11.6 Å². The van der Waals surface area contributed by atoms with E-state index < -0.39 is 5.97 Å². The Hall–Kier alpha value is -2.46. The van der Waals surface area contributed by atoms with Crippen molar-refractivity contribution in [1.29, 1.82) is 0 Å². The Labute approximate surface area is 132 Å². The molecule has 0 bridgehead atoms. The van der Waals surface area contributed by atoms with Gasteiger partial charge in [0.2, 0.25) is 0 Å². The van der Waals surface area contributed by atoms with Crippen molar-refractivity contribution in [2.45, 2.75) is 13.3 Å². The highest BCUT2D eigenvalue weighted by Crippen LogP contribution is 2.33. The molecule has 3 aromatic rings. The number of aromatic nitrogens is 1. The van der Waals surface area contributed by atoms with Crippen LogP contribution in [-0.2, 0) is 11.2 Å². The summed E-state index contributed by atoms with van der Waals surface area (Å²) in [4.78, 5) is 16.1. The molecule has 3 nitrogen and oxygen atoms in total. The summed E-state index contributed by atoms with van der Waals surface area (Å²) in [7, 11) is 0. The molecule has 4 heteroatoms. The molecular weight excluding hydrogens is 294 g/mol. The topological polar surface area (TPSA) is 39.2 Å². The molecule has 0 saturated heterocycles. The summed E-state index contributed by atoms with van der Waals surface area (Å²) in [5, 5.41) is 0.916. The lowest BCUT2D eigenvalue weighted by Gasteiger charge is -2.08. The second kappa shape index (κ2) is 6.12. The number of nitrogens with zero attached hydrogens (tertiary/aromatic N) is 1. The fraction of sp³-hybridized carbons (Fsp3) is 0.111. The number of fused-ring (bicyclic) bond motifs is 1. The summed E-state index contributed by atoms with van der Waals surface area (Å²) in [6.45, 7) is 5.46. The first-order valence-electron chi connectivity index (χ1n) is 7.04. The molecular formula is C18H15NO2S. The Morgan fingerprint density at radius 2 is 2.14 bits per heavy atom. The van der Waals surface area contributed by atoms with Crippen LogP contribution in [-0.4, -0.2) is 11.0 Å². The Morgan fingerprint density at radius 3 is 2.86 bits per heavy atom. The lowest BCUT2D eigenvalue weighted by atomic mass is 10.1. The van der Waals surface area contributed by atoms with Crippen LogP contribution in [0.15, 0.2) is 55.1 Å².